The van der Waals surface area contributed by atoms with Crippen molar-refractivity contribution < 1.29 is 14.6 Å². The third-order valence-corrected chi connectivity index (χ3v) is 1.69. The Kier molecular flexibility index (Phi) is 2.11. The van der Waals surface area contributed by atoms with Crippen LogP contribution in [0.5, 0.6) is 0 Å². The van der Waals surface area contributed by atoms with E-state index in [4.69, 9.17) is 4.74 Å². The molecule has 0 spiro atoms. The first-order chi connectivity index (χ1) is 5.01. The summed E-state index contributed by atoms with van der Waals surface area (Å²) in [6.45, 7) is 3.37. The van der Waals surface area contributed by atoms with E-state index >= 15 is 0 Å². The van der Waals surface area contributed by atoms with Crippen LogP contribution in [0.25, 0.3) is 0 Å². The fourth-order valence-electron chi connectivity index (χ4n) is 1.07. The zero-order valence-corrected chi connectivity index (χ0v) is 6.76. The summed E-state index contributed by atoms with van der Waals surface area (Å²) in [5.41, 5.74) is 0.654. The fraction of sp³-hybridized carbons (Fsp3) is 0.625. The number of rotatable bonds is 1. The van der Waals surface area contributed by atoms with Crippen LogP contribution >= 0.6 is 0 Å². The number of carbonyl (C=O) groups is 1. The molecule has 1 aliphatic heterocycles. The summed E-state index contributed by atoms with van der Waals surface area (Å²) in [4.78, 5) is 10.9. The van der Waals surface area contributed by atoms with Crippen molar-refractivity contribution in [3.8, 4) is 0 Å². The third-order valence-electron chi connectivity index (χ3n) is 1.69. The molecule has 1 unspecified atom stereocenters. The van der Waals surface area contributed by atoms with E-state index < -0.39 is 5.79 Å². The Morgan fingerprint density at radius 3 is 2.82 bits per heavy atom. The molecule has 1 N–H and O–H groups in total. The maximum atomic E-state index is 10.9. The number of carbonyl (C=O) groups excluding carboxylic acids is 1. The number of ketones is 1. The van der Waals surface area contributed by atoms with Crippen molar-refractivity contribution in [1.29, 1.82) is 0 Å². The molecule has 11 heavy (non-hydrogen) atoms. The summed E-state index contributed by atoms with van der Waals surface area (Å²) < 4.78 is 4.97. The van der Waals surface area contributed by atoms with Crippen molar-refractivity contribution in [1.82, 2.24) is 0 Å². The smallest absolute Gasteiger partial charge is 0.167 e. The number of ether oxygens (including phenoxy) is 1. The van der Waals surface area contributed by atoms with Crippen LogP contribution in [-0.2, 0) is 9.53 Å². The number of Topliss-reactive ketones (excluding diaryl/α,β-unsaturated/α-hetero) is 1. The first kappa shape index (κ1) is 8.43. The standard InChI is InChI=1S/C8H12O3/c1-6(9)7-3-4-11-8(2,10)5-7/h3,10H,4-5H2,1-2H3. The Labute approximate surface area is 65.7 Å². The second-order valence-corrected chi connectivity index (χ2v) is 2.95. The maximum Gasteiger partial charge on any atom is 0.167 e. The van der Waals surface area contributed by atoms with Gasteiger partial charge in [-0.3, -0.25) is 4.79 Å². The largest absolute Gasteiger partial charge is 0.365 e. The molecule has 0 aromatic carbocycles. The van der Waals surface area contributed by atoms with Crippen LogP contribution in [0.1, 0.15) is 20.3 Å². The van der Waals surface area contributed by atoms with Gasteiger partial charge >= 0.3 is 0 Å². The second-order valence-electron chi connectivity index (χ2n) is 2.95. The Morgan fingerprint density at radius 1 is 1.82 bits per heavy atom. The minimum Gasteiger partial charge on any atom is -0.365 e. The van der Waals surface area contributed by atoms with Gasteiger partial charge in [0.15, 0.2) is 11.6 Å². The molecule has 0 aromatic rings. The Balaban J connectivity index is 2.71. The SMILES string of the molecule is CC(=O)C1=CCOC(C)(O)C1. The summed E-state index contributed by atoms with van der Waals surface area (Å²) in [6.07, 6.45) is 2.00. The van der Waals surface area contributed by atoms with Gasteiger partial charge in [-0.05, 0) is 19.4 Å². The molecule has 1 aliphatic rings. The Bertz CT molecular complexity index is 203. The monoisotopic (exact) mass is 156 g/mol. The van der Waals surface area contributed by atoms with Crippen LogP contribution in [-0.4, -0.2) is 23.3 Å². The van der Waals surface area contributed by atoms with Gasteiger partial charge in [0.1, 0.15) is 0 Å². The van der Waals surface area contributed by atoms with E-state index in [1.54, 1.807) is 13.0 Å². The predicted molar refractivity (Wildman–Crippen MR) is 40.0 cm³/mol. The van der Waals surface area contributed by atoms with E-state index in [9.17, 15) is 9.90 Å². The van der Waals surface area contributed by atoms with Crippen molar-refractivity contribution in [2.75, 3.05) is 6.61 Å². The minimum absolute atomic E-state index is 0.00794. The molecule has 0 aliphatic carbocycles. The van der Waals surface area contributed by atoms with Crippen LogP contribution in [0.3, 0.4) is 0 Å². The van der Waals surface area contributed by atoms with Gasteiger partial charge in [-0.25, -0.2) is 0 Å². The van der Waals surface area contributed by atoms with Crippen molar-refractivity contribution >= 4 is 5.78 Å². The van der Waals surface area contributed by atoms with Crippen molar-refractivity contribution in [2.45, 2.75) is 26.1 Å². The Hall–Kier alpha value is -0.670. The molecule has 1 rings (SSSR count). The van der Waals surface area contributed by atoms with Crippen molar-refractivity contribution in [3.05, 3.63) is 11.6 Å². The average molecular weight is 156 g/mol. The zero-order valence-electron chi connectivity index (χ0n) is 6.76. The lowest BCUT2D eigenvalue weighted by atomic mass is 10.0. The molecule has 3 nitrogen and oxygen atoms in total. The van der Waals surface area contributed by atoms with Gasteiger partial charge in [-0.15, -0.1) is 0 Å². The molecule has 0 bridgehead atoms. The number of hydrogen-bond acceptors (Lipinski definition) is 3. The van der Waals surface area contributed by atoms with Crippen LogP contribution < -0.4 is 0 Å². The predicted octanol–water partition coefficient (Wildman–Crippen LogP) is 0.631. The molecule has 0 amide bonds. The molecule has 0 radical (unpaired) electrons. The highest BCUT2D eigenvalue weighted by molar-refractivity contribution is 5.93. The van der Waals surface area contributed by atoms with Crippen molar-refractivity contribution in [2.24, 2.45) is 0 Å². The van der Waals surface area contributed by atoms with Gasteiger partial charge in [-0.1, -0.05) is 6.08 Å². The summed E-state index contributed by atoms with van der Waals surface area (Å²) in [6, 6.07) is 0. The highest BCUT2D eigenvalue weighted by Gasteiger charge is 2.27. The van der Waals surface area contributed by atoms with Gasteiger partial charge in [0.2, 0.25) is 0 Å². The van der Waals surface area contributed by atoms with E-state index in [2.05, 4.69) is 0 Å². The van der Waals surface area contributed by atoms with Gasteiger partial charge in [0.25, 0.3) is 0 Å². The molecule has 1 atom stereocenters. The lowest BCUT2D eigenvalue weighted by Crippen LogP contribution is -2.33. The molecular weight excluding hydrogens is 144 g/mol. The molecule has 3 heteroatoms. The highest BCUT2D eigenvalue weighted by atomic mass is 16.6. The van der Waals surface area contributed by atoms with E-state index in [1.807, 2.05) is 0 Å². The van der Waals surface area contributed by atoms with E-state index in [1.165, 1.54) is 6.92 Å². The number of aliphatic hydroxyl groups is 1. The van der Waals surface area contributed by atoms with Crippen LogP contribution in [0.2, 0.25) is 0 Å². The summed E-state index contributed by atoms with van der Waals surface area (Å²) in [5.74, 6) is -1.15. The van der Waals surface area contributed by atoms with Gasteiger partial charge in [0.05, 0.1) is 6.61 Å². The summed E-state index contributed by atoms with van der Waals surface area (Å²) in [5, 5.41) is 9.38. The first-order valence-corrected chi connectivity index (χ1v) is 3.57. The topological polar surface area (TPSA) is 46.5 Å². The molecule has 1 heterocycles. The lowest BCUT2D eigenvalue weighted by Gasteiger charge is -2.27. The molecular formula is C8H12O3. The normalized spacial score (nSPS) is 31.4. The Morgan fingerprint density at radius 2 is 2.45 bits per heavy atom. The van der Waals surface area contributed by atoms with Crippen LogP contribution in [0.15, 0.2) is 11.6 Å². The van der Waals surface area contributed by atoms with E-state index in [-0.39, 0.29) is 5.78 Å². The lowest BCUT2D eigenvalue weighted by molar-refractivity contribution is -0.187. The van der Waals surface area contributed by atoms with E-state index in [0.717, 1.165) is 0 Å². The molecule has 0 saturated heterocycles. The van der Waals surface area contributed by atoms with Gasteiger partial charge < -0.3 is 9.84 Å². The summed E-state index contributed by atoms with van der Waals surface area (Å²) in [7, 11) is 0. The number of hydrogen-bond donors (Lipinski definition) is 1. The average Bonchev–Trinajstić information content (AvgIpc) is 1.85. The van der Waals surface area contributed by atoms with Gasteiger partial charge in [0, 0.05) is 6.42 Å². The minimum atomic E-state index is -1.16. The molecule has 0 fully saturated rings. The quantitative estimate of drug-likeness (QED) is 0.605. The maximum absolute atomic E-state index is 10.9. The summed E-state index contributed by atoms with van der Waals surface area (Å²) >= 11 is 0. The fourth-order valence-corrected chi connectivity index (χ4v) is 1.07. The molecule has 0 saturated carbocycles. The van der Waals surface area contributed by atoms with Crippen LogP contribution in [0, 0.1) is 0 Å². The highest BCUT2D eigenvalue weighted by Crippen LogP contribution is 2.22. The first-order valence-electron chi connectivity index (χ1n) is 3.57. The molecule has 0 aromatic heterocycles. The molecule has 62 valence electrons. The second kappa shape index (κ2) is 2.75. The third kappa shape index (κ3) is 2.13. The van der Waals surface area contributed by atoms with E-state index in [0.29, 0.717) is 18.6 Å². The van der Waals surface area contributed by atoms with Crippen molar-refractivity contribution in [3.63, 3.8) is 0 Å². The zero-order chi connectivity index (χ0) is 8.48. The van der Waals surface area contributed by atoms with Gasteiger partial charge in [-0.2, -0.15) is 0 Å². The van der Waals surface area contributed by atoms with Crippen LogP contribution in [0.4, 0.5) is 0 Å².